The Hall–Kier alpha value is -0.570. The zero-order chi connectivity index (χ0) is 9.84. The van der Waals surface area contributed by atoms with Gasteiger partial charge in [-0.25, -0.2) is 0 Å². The number of rotatable bonds is 3. The number of carbonyl (C=O) groups excluding carboxylic acids is 1. The van der Waals surface area contributed by atoms with Crippen LogP contribution in [0.2, 0.25) is 0 Å². The zero-order valence-corrected chi connectivity index (χ0v) is 8.84. The van der Waals surface area contributed by atoms with Crippen LogP contribution in [0.3, 0.4) is 0 Å². The minimum absolute atomic E-state index is 0.320. The third-order valence-electron chi connectivity index (χ3n) is 2.72. The quantitative estimate of drug-likeness (QED) is 0.705. The van der Waals surface area contributed by atoms with Gasteiger partial charge in [0, 0.05) is 25.6 Å². The van der Waals surface area contributed by atoms with Crippen molar-refractivity contribution in [3.63, 3.8) is 0 Å². The summed E-state index contributed by atoms with van der Waals surface area (Å²) in [5.41, 5.74) is 0. The van der Waals surface area contributed by atoms with E-state index in [4.69, 9.17) is 0 Å². The van der Waals surface area contributed by atoms with Gasteiger partial charge in [-0.05, 0) is 26.3 Å². The fraction of sp³-hybridized carbons (Fsp3) is 0.900. The highest BCUT2D eigenvalue weighted by atomic mass is 16.2. The summed E-state index contributed by atoms with van der Waals surface area (Å²) in [6.07, 6.45) is 1.79. The van der Waals surface area contributed by atoms with Crippen molar-refractivity contribution < 1.29 is 4.79 Å². The Morgan fingerprint density at radius 3 is 3.00 bits per heavy atom. The van der Waals surface area contributed by atoms with Crippen LogP contribution in [0.4, 0.5) is 0 Å². The van der Waals surface area contributed by atoms with Gasteiger partial charge in [-0.15, -0.1) is 0 Å². The van der Waals surface area contributed by atoms with Crippen molar-refractivity contribution in [2.45, 2.75) is 32.7 Å². The van der Waals surface area contributed by atoms with Crippen LogP contribution in [-0.4, -0.2) is 37.0 Å². The Balaban J connectivity index is 2.42. The number of hydrogen-bond donors (Lipinski definition) is 1. The first-order chi connectivity index (χ1) is 6.13. The van der Waals surface area contributed by atoms with Gasteiger partial charge >= 0.3 is 0 Å². The molecule has 1 rings (SSSR count). The predicted molar refractivity (Wildman–Crippen MR) is 53.5 cm³/mol. The summed E-state index contributed by atoms with van der Waals surface area (Å²) in [7, 11) is 1.93. The second-order valence-corrected chi connectivity index (χ2v) is 4.13. The monoisotopic (exact) mass is 184 g/mol. The first-order valence-electron chi connectivity index (χ1n) is 5.08. The molecule has 0 radical (unpaired) electrons. The van der Waals surface area contributed by atoms with Gasteiger partial charge < -0.3 is 10.2 Å². The first kappa shape index (κ1) is 10.5. The fourth-order valence-corrected chi connectivity index (χ4v) is 1.70. The summed E-state index contributed by atoms with van der Waals surface area (Å²) in [6.45, 7) is 6.10. The van der Waals surface area contributed by atoms with Crippen LogP contribution in [0.5, 0.6) is 0 Å². The van der Waals surface area contributed by atoms with Crippen molar-refractivity contribution in [2.75, 3.05) is 20.1 Å². The van der Waals surface area contributed by atoms with Crippen molar-refractivity contribution in [2.24, 2.45) is 5.92 Å². The summed E-state index contributed by atoms with van der Waals surface area (Å²) in [5, 5.41) is 3.15. The van der Waals surface area contributed by atoms with Crippen molar-refractivity contribution in [3.05, 3.63) is 0 Å². The molecule has 0 aromatic rings. The molecule has 1 saturated heterocycles. The van der Waals surface area contributed by atoms with E-state index in [1.165, 1.54) is 0 Å². The van der Waals surface area contributed by atoms with Crippen molar-refractivity contribution in [3.8, 4) is 0 Å². The number of hydrogen-bond acceptors (Lipinski definition) is 2. The molecular weight excluding hydrogens is 164 g/mol. The Morgan fingerprint density at radius 2 is 2.38 bits per heavy atom. The SMILES string of the molecule is CNC(C)CN1CC(C)CCC1=O. The van der Waals surface area contributed by atoms with Crippen molar-refractivity contribution in [1.82, 2.24) is 10.2 Å². The van der Waals surface area contributed by atoms with Crippen LogP contribution < -0.4 is 5.32 Å². The fourth-order valence-electron chi connectivity index (χ4n) is 1.70. The van der Waals surface area contributed by atoms with Crippen LogP contribution in [0.1, 0.15) is 26.7 Å². The van der Waals surface area contributed by atoms with Crippen LogP contribution in [0, 0.1) is 5.92 Å². The highest BCUT2D eigenvalue weighted by molar-refractivity contribution is 5.76. The molecule has 3 nitrogen and oxygen atoms in total. The Kier molecular flexibility index (Phi) is 3.72. The van der Waals surface area contributed by atoms with E-state index in [1.807, 2.05) is 11.9 Å². The molecule has 1 aliphatic heterocycles. The van der Waals surface area contributed by atoms with Gasteiger partial charge in [0.2, 0.25) is 5.91 Å². The van der Waals surface area contributed by atoms with Gasteiger partial charge in [0.15, 0.2) is 0 Å². The summed E-state index contributed by atoms with van der Waals surface area (Å²) < 4.78 is 0. The molecule has 0 aromatic carbocycles. The lowest BCUT2D eigenvalue weighted by Gasteiger charge is -2.32. The molecule has 1 fully saturated rings. The number of nitrogens with zero attached hydrogens (tertiary/aromatic N) is 1. The lowest BCUT2D eigenvalue weighted by atomic mass is 9.99. The molecule has 1 aliphatic rings. The first-order valence-corrected chi connectivity index (χ1v) is 5.08. The van der Waals surface area contributed by atoms with Gasteiger partial charge in [-0.1, -0.05) is 6.92 Å². The van der Waals surface area contributed by atoms with Crippen LogP contribution in [0.15, 0.2) is 0 Å². The van der Waals surface area contributed by atoms with Crippen molar-refractivity contribution >= 4 is 5.91 Å². The Labute approximate surface area is 80.5 Å². The molecule has 0 bridgehead atoms. The van der Waals surface area contributed by atoms with E-state index >= 15 is 0 Å². The molecule has 1 amide bonds. The standard InChI is InChI=1S/C10H20N2O/c1-8-4-5-10(13)12(6-8)7-9(2)11-3/h8-9,11H,4-7H2,1-3H3. The number of piperidine rings is 1. The van der Waals surface area contributed by atoms with Gasteiger partial charge in [-0.3, -0.25) is 4.79 Å². The summed E-state index contributed by atoms with van der Waals surface area (Å²) in [6, 6.07) is 0.397. The number of nitrogens with one attached hydrogen (secondary N) is 1. The minimum Gasteiger partial charge on any atom is -0.341 e. The topological polar surface area (TPSA) is 32.3 Å². The molecule has 13 heavy (non-hydrogen) atoms. The molecule has 0 aromatic heterocycles. The van der Waals surface area contributed by atoms with E-state index in [0.29, 0.717) is 17.9 Å². The molecule has 3 heteroatoms. The second kappa shape index (κ2) is 4.61. The van der Waals surface area contributed by atoms with E-state index in [0.717, 1.165) is 25.9 Å². The molecule has 1 N–H and O–H groups in total. The van der Waals surface area contributed by atoms with Gasteiger partial charge in [-0.2, -0.15) is 0 Å². The second-order valence-electron chi connectivity index (χ2n) is 4.13. The average molecular weight is 184 g/mol. The lowest BCUT2D eigenvalue weighted by molar-refractivity contribution is -0.134. The van der Waals surface area contributed by atoms with Gasteiger partial charge in [0.05, 0.1) is 0 Å². The predicted octanol–water partition coefficient (Wildman–Crippen LogP) is 0.853. The Bertz CT molecular complexity index is 182. The Morgan fingerprint density at radius 1 is 1.69 bits per heavy atom. The lowest BCUT2D eigenvalue weighted by Crippen LogP contribution is -2.45. The molecule has 2 atom stereocenters. The van der Waals surface area contributed by atoms with E-state index in [1.54, 1.807) is 0 Å². The normalized spacial score (nSPS) is 26.2. The van der Waals surface area contributed by atoms with Crippen LogP contribution in [0.25, 0.3) is 0 Å². The largest absolute Gasteiger partial charge is 0.341 e. The molecule has 2 unspecified atom stereocenters. The smallest absolute Gasteiger partial charge is 0.222 e. The average Bonchev–Trinajstić information content (AvgIpc) is 2.11. The van der Waals surface area contributed by atoms with E-state index < -0.39 is 0 Å². The van der Waals surface area contributed by atoms with E-state index in [9.17, 15) is 4.79 Å². The van der Waals surface area contributed by atoms with E-state index in [2.05, 4.69) is 19.2 Å². The van der Waals surface area contributed by atoms with E-state index in [-0.39, 0.29) is 0 Å². The van der Waals surface area contributed by atoms with Crippen molar-refractivity contribution in [1.29, 1.82) is 0 Å². The third kappa shape index (κ3) is 2.99. The maximum Gasteiger partial charge on any atom is 0.222 e. The summed E-state index contributed by atoms with van der Waals surface area (Å²) in [5.74, 6) is 0.988. The summed E-state index contributed by atoms with van der Waals surface area (Å²) in [4.78, 5) is 13.5. The maximum absolute atomic E-state index is 11.5. The number of likely N-dealkylation sites (N-methyl/N-ethyl adjacent to an activating group) is 1. The highest BCUT2D eigenvalue weighted by Crippen LogP contribution is 2.16. The molecule has 0 saturated carbocycles. The molecule has 76 valence electrons. The van der Waals surface area contributed by atoms with Gasteiger partial charge in [0.1, 0.15) is 0 Å². The third-order valence-corrected chi connectivity index (χ3v) is 2.72. The molecular formula is C10H20N2O. The maximum atomic E-state index is 11.5. The zero-order valence-electron chi connectivity index (χ0n) is 8.84. The molecule has 1 heterocycles. The van der Waals surface area contributed by atoms with Crippen LogP contribution >= 0.6 is 0 Å². The highest BCUT2D eigenvalue weighted by Gasteiger charge is 2.23. The number of amides is 1. The van der Waals surface area contributed by atoms with Crippen LogP contribution in [-0.2, 0) is 4.79 Å². The number of likely N-dealkylation sites (tertiary alicyclic amines) is 1. The summed E-state index contributed by atoms with van der Waals surface area (Å²) >= 11 is 0. The van der Waals surface area contributed by atoms with Gasteiger partial charge in [0.25, 0.3) is 0 Å². The molecule has 0 spiro atoms. The minimum atomic E-state index is 0.320. The molecule has 0 aliphatic carbocycles. The number of carbonyl (C=O) groups is 1.